The Labute approximate surface area is 105 Å². The molecule has 6 nitrogen and oxygen atoms in total. The molecule has 4 unspecified atom stereocenters. The van der Waals surface area contributed by atoms with Gasteiger partial charge in [-0.15, -0.1) is 0 Å². The third-order valence-corrected chi connectivity index (χ3v) is 5.56. The summed E-state index contributed by atoms with van der Waals surface area (Å²) in [4.78, 5) is 17.0. The van der Waals surface area contributed by atoms with Crippen LogP contribution in [-0.4, -0.2) is 41.1 Å². The molecule has 4 fully saturated rings. The van der Waals surface area contributed by atoms with Gasteiger partial charge in [-0.2, -0.15) is 5.48 Å². The van der Waals surface area contributed by atoms with E-state index >= 15 is 0 Å². The van der Waals surface area contributed by atoms with Gasteiger partial charge in [-0.3, -0.25) is 4.79 Å². The molecule has 5 atom stereocenters. The second-order valence-corrected chi connectivity index (χ2v) is 6.23. The van der Waals surface area contributed by atoms with E-state index in [0.717, 1.165) is 19.3 Å². The van der Waals surface area contributed by atoms with Gasteiger partial charge in [-0.25, -0.2) is 4.84 Å². The number of quaternary nitrogens is 1. The minimum atomic E-state index is -0.801. The molecule has 18 heavy (non-hydrogen) atoms. The SMILES string of the molecule is O=C(O)[C@@H]1C2CC3CNOC3([N+]3([O-])CCCC3)C21. The first kappa shape index (κ1) is 11.2. The van der Waals surface area contributed by atoms with Gasteiger partial charge in [-0.1, -0.05) is 0 Å². The highest BCUT2D eigenvalue weighted by Gasteiger charge is 2.80. The number of rotatable bonds is 2. The van der Waals surface area contributed by atoms with Crippen molar-refractivity contribution in [1.29, 1.82) is 0 Å². The summed E-state index contributed by atoms with van der Waals surface area (Å²) in [6.07, 6.45) is 2.68. The molecule has 100 valence electrons. The van der Waals surface area contributed by atoms with Crippen molar-refractivity contribution in [2.45, 2.75) is 25.0 Å². The Hall–Kier alpha value is -0.690. The van der Waals surface area contributed by atoms with Gasteiger partial charge >= 0.3 is 5.97 Å². The van der Waals surface area contributed by atoms with Crippen molar-refractivity contribution >= 4 is 5.97 Å². The zero-order chi connectivity index (χ0) is 12.5. The van der Waals surface area contributed by atoms with Gasteiger partial charge < -0.3 is 15.0 Å². The molecule has 4 rings (SSSR count). The fourth-order valence-electron chi connectivity index (χ4n) is 4.86. The van der Waals surface area contributed by atoms with Crippen molar-refractivity contribution in [3.8, 4) is 0 Å². The summed E-state index contributed by atoms with van der Waals surface area (Å²) >= 11 is 0. The van der Waals surface area contributed by atoms with E-state index < -0.39 is 11.7 Å². The van der Waals surface area contributed by atoms with Crippen molar-refractivity contribution in [3.63, 3.8) is 0 Å². The fourth-order valence-corrected chi connectivity index (χ4v) is 4.86. The molecular formula is C12H18N2O4. The van der Waals surface area contributed by atoms with Crippen LogP contribution in [0.15, 0.2) is 0 Å². The zero-order valence-corrected chi connectivity index (χ0v) is 10.2. The van der Waals surface area contributed by atoms with Crippen molar-refractivity contribution in [3.05, 3.63) is 5.21 Å². The van der Waals surface area contributed by atoms with Crippen LogP contribution in [0.3, 0.4) is 0 Å². The summed E-state index contributed by atoms with van der Waals surface area (Å²) in [5.41, 5.74) is 2.07. The van der Waals surface area contributed by atoms with Crippen LogP contribution >= 0.6 is 0 Å². The number of nitrogens with zero attached hydrogens (tertiary/aromatic N) is 1. The number of aliphatic carboxylic acids is 1. The maximum absolute atomic E-state index is 13.1. The molecule has 0 bridgehead atoms. The lowest BCUT2D eigenvalue weighted by atomic mass is 9.90. The van der Waals surface area contributed by atoms with Crippen molar-refractivity contribution < 1.29 is 19.4 Å². The van der Waals surface area contributed by atoms with Crippen molar-refractivity contribution in [2.75, 3.05) is 19.6 Å². The molecule has 0 radical (unpaired) electrons. The molecule has 2 heterocycles. The highest BCUT2D eigenvalue weighted by molar-refractivity contribution is 5.75. The van der Waals surface area contributed by atoms with E-state index in [9.17, 15) is 15.1 Å². The summed E-state index contributed by atoms with van der Waals surface area (Å²) in [7, 11) is 0. The van der Waals surface area contributed by atoms with E-state index in [1.807, 2.05) is 0 Å². The Morgan fingerprint density at radius 3 is 2.83 bits per heavy atom. The van der Waals surface area contributed by atoms with Crippen molar-refractivity contribution in [2.24, 2.45) is 23.7 Å². The molecule has 2 N–H and O–H groups in total. The molecule has 0 spiro atoms. The van der Waals surface area contributed by atoms with Crippen molar-refractivity contribution in [1.82, 2.24) is 5.48 Å². The predicted molar refractivity (Wildman–Crippen MR) is 60.6 cm³/mol. The molecular weight excluding hydrogens is 236 g/mol. The van der Waals surface area contributed by atoms with Gasteiger partial charge in [-0.05, 0) is 12.3 Å². The van der Waals surface area contributed by atoms with Crippen LogP contribution in [0.1, 0.15) is 19.3 Å². The van der Waals surface area contributed by atoms with Crippen LogP contribution in [0.5, 0.6) is 0 Å². The molecule has 2 saturated heterocycles. The van der Waals surface area contributed by atoms with E-state index in [1.165, 1.54) is 0 Å². The fraction of sp³-hybridized carbons (Fsp3) is 0.917. The molecule has 2 aliphatic heterocycles. The second kappa shape index (κ2) is 3.25. The highest BCUT2D eigenvalue weighted by Crippen LogP contribution is 2.69. The quantitative estimate of drug-likeness (QED) is 0.547. The smallest absolute Gasteiger partial charge is 0.307 e. The van der Waals surface area contributed by atoms with Gasteiger partial charge in [0, 0.05) is 19.4 Å². The third-order valence-electron chi connectivity index (χ3n) is 5.56. The molecule has 0 aromatic heterocycles. The number of carbonyl (C=O) groups is 1. The maximum atomic E-state index is 13.1. The molecule has 4 aliphatic rings. The van der Waals surface area contributed by atoms with Gasteiger partial charge in [0.25, 0.3) is 0 Å². The monoisotopic (exact) mass is 254 g/mol. The zero-order valence-electron chi connectivity index (χ0n) is 10.2. The highest BCUT2D eigenvalue weighted by atomic mass is 16.7. The largest absolute Gasteiger partial charge is 0.631 e. The number of carboxylic acid groups (broad SMARTS) is 1. The molecule has 2 saturated carbocycles. The summed E-state index contributed by atoms with van der Waals surface area (Å²) in [6, 6.07) is 0. The minimum absolute atomic E-state index is 0.0781. The normalized spacial score (nSPS) is 52.1. The van der Waals surface area contributed by atoms with E-state index in [2.05, 4.69) is 5.48 Å². The minimum Gasteiger partial charge on any atom is -0.631 e. The predicted octanol–water partition coefficient (Wildman–Crippen LogP) is 0.293. The first-order chi connectivity index (χ1) is 8.60. The molecule has 2 aliphatic carbocycles. The van der Waals surface area contributed by atoms with Gasteiger partial charge in [0.2, 0.25) is 5.72 Å². The van der Waals surface area contributed by atoms with Crippen LogP contribution in [0.4, 0.5) is 0 Å². The number of hydrogen-bond donors (Lipinski definition) is 2. The maximum Gasteiger partial charge on any atom is 0.307 e. The molecule has 0 amide bonds. The molecule has 0 aromatic carbocycles. The van der Waals surface area contributed by atoms with Crippen LogP contribution in [0, 0.1) is 28.9 Å². The van der Waals surface area contributed by atoms with Gasteiger partial charge in [0.1, 0.15) is 0 Å². The van der Waals surface area contributed by atoms with E-state index in [1.54, 1.807) is 0 Å². The Balaban J connectivity index is 1.74. The number of hydrogen-bond acceptors (Lipinski definition) is 4. The number of likely N-dealkylation sites (tertiary alicyclic amines) is 1. The Morgan fingerprint density at radius 1 is 1.44 bits per heavy atom. The summed E-state index contributed by atoms with van der Waals surface area (Å²) in [5, 5.41) is 22.3. The first-order valence-electron chi connectivity index (χ1n) is 6.82. The number of hydroxylamine groups is 4. The van der Waals surface area contributed by atoms with Gasteiger partial charge in [0.05, 0.1) is 30.8 Å². The topological polar surface area (TPSA) is 81.6 Å². The lowest BCUT2D eigenvalue weighted by Gasteiger charge is -2.52. The average Bonchev–Trinajstić information content (AvgIpc) is 2.71. The van der Waals surface area contributed by atoms with E-state index in [-0.39, 0.29) is 28.3 Å². The van der Waals surface area contributed by atoms with E-state index in [4.69, 9.17) is 4.84 Å². The lowest BCUT2D eigenvalue weighted by Crippen LogP contribution is -2.63. The van der Waals surface area contributed by atoms with Crippen LogP contribution in [0.2, 0.25) is 0 Å². The van der Waals surface area contributed by atoms with Crippen LogP contribution < -0.4 is 5.48 Å². The molecule has 0 aromatic rings. The molecule has 6 heteroatoms. The number of carboxylic acids is 1. The van der Waals surface area contributed by atoms with Crippen LogP contribution in [-0.2, 0) is 9.63 Å². The standard InChI is InChI=1S/C12H18N2O4/c15-11(16)9-8-5-7-6-13-18-12(7,10(8)9)14(17)3-1-2-4-14/h7-10,13H,1-6H2,(H,15,16)/t7?,8?,9-,10?,12?/m1/s1. The Morgan fingerprint density at radius 2 is 2.17 bits per heavy atom. The third kappa shape index (κ3) is 1.06. The van der Waals surface area contributed by atoms with E-state index in [0.29, 0.717) is 19.6 Å². The number of nitrogens with one attached hydrogen (secondary N) is 1. The lowest BCUT2D eigenvalue weighted by molar-refractivity contribution is -0.953. The average molecular weight is 254 g/mol. The Bertz CT molecular complexity index is 409. The Kier molecular flexibility index (Phi) is 2.01. The second-order valence-electron chi connectivity index (χ2n) is 6.23. The summed E-state index contributed by atoms with van der Waals surface area (Å²) in [6.45, 7) is 1.85. The summed E-state index contributed by atoms with van der Waals surface area (Å²) < 4.78 is -0.324. The first-order valence-corrected chi connectivity index (χ1v) is 6.82. The van der Waals surface area contributed by atoms with Gasteiger partial charge in [0.15, 0.2) is 0 Å². The summed E-state index contributed by atoms with van der Waals surface area (Å²) in [5.74, 6) is -0.835. The number of fused-ring (bicyclic) bond motifs is 3. The van der Waals surface area contributed by atoms with Crippen LogP contribution in [0.25, 0.3) is 0 Å².